The van der Waals surface area contributed by atoms with Crippen LogP contribution in [0.2, 0.25) is 5.02 Å². The van der Waals surface area contributed by atoms with Gasteiger partial charge in [-0.3, -0.25) is 13.9 Å². The van der Waals surface area contributed by atoms with Crippen molar-refractivity contribution in [3.8, 4) is 5.75 Å². The number of hydrogen-bond donors (Lipinski definition) is 1. The Morgan fingerprint density at radius 2 is 1.73 bits per heavy atom. The van der Waals surface area contributed by atoms with Gasteiger partial charge in [0.2, 0.25) is 11.8 Å². The molecule has 0 spiro atoms. The van der Waals surface area contributed by atoms with Gasteiger partial charge >= 0.3 is 0 Å². The fourth-order valence-corrected chi connectivity index (χ4v) is 6.25. The summed E-state index contributed by atoms with van der Waals surface area (Å²) in [5.74, 6) is -0.183. The first-order chi connectivity index (χ1) is 19.6. The fourth-order valence-electron chi connectivity index (χ4n) is 4.52. The van der Waals surface area contributed by atoms with E-state index in [1.807, 2.05) is 26.0 Å². The molecule has 0 bridgehead atoms. The summed E-state index contributed by atoms with van der Waals surface area (Å²) in [5, 5.41) is 3.38. The molecule has 0 aliphatic rings. The summed E-state index contributed by atoms with van der Waals surface area (Å²) in [6.07, 6.45) is 2.07. The second-order valence-corrected chi connectivity index (χ2v) is 12.0. The highest BCUT2D eigenvalue weighted by atomic mass is 35.5. The van der Waals surface area contributed by atoms with Gasteiger partial charge in [0.15, 0.2) is 0 Å². The quantitative estimate of drug-likeness (QED) is 0.244. The van der Waals surface area contributed by atoms with E-state index in [-0.39, 0.29) is 17.3 Å². The van der Waals surface area contributed by atoms with E-state index in [0.29, 0.717) is 35.0 Å². The maximum atomic E-state index is 14.2. The van der Waals surface area contributed by atoms with E-state index >= 15 is 0 Å². The second kappa shape index (κ2) is 14.9. The number of nitrogens with zero attached hydrogens (tertiary/aromatic N) is 2. The lowest BCUT2D eigenvalue weighted by Gasteiger charge is -2.33. The number of hydrogen-bond acceptors (Lipinski definition) is 5. The molecule has 0 radical (unpaired) electrons. The maximum Gasteiger partial charge on any atom is 0.264 e. The number of halogens is 1. The van der Waals surface area contributed by atoms with E-state index in [9.17, 15) is 18.0 Å². The number of aryl methyl sites for hydroxylation is 1. The highest BCUT2D eigenvalue weighted by Crippen LogP contribution is 2.29. The summed E-state index contributed by atoms with van der Waals surface area (Å²) >= 11 is 6.17. The van der Waals surface area contributed by atoms with Crippen molar-refractivity contribution in [3.63, 3.8) is 0 Å². The van der Waals surface area contributed by atoms with Crippen LogP contribution in [0.3, 0.4) is 0 Å². The second-order valence-electron chi connectivity index (χ2n) is 9.70. The van der Waals surface area contributed by atoms with Crippen LogP contribution in [0.1, 0.15) is 44.2 Å². The van der Waals surface area contributed by atoms with Crippen LogP contribution in [0, 0.1) is 6.92 Å². The van der Waals surface area contributed by atoms with Crippen LogP contribution in [0.15, 0.2) is 77.7 Å². The molecule has 41 heavy (non-hydrogen) atoms. The highest BCUT2D eigenvalue weighted by molar-refractivity contribution is 7.92. The van der Waals surface area contributed by atoms with E-state index in [1.165, 1.54) is 17.0 Å². The lowest BCUT2D eigenvalue weighted by molar-refractivity contribution is -0.140. The topological polar surface area (TPSA) is 96.0 Å². The van der Waals surface area contributed by atoms with E-state index in [2.05, 4.69) is 5.32 Å². The van der Waals surface area contributed by atoms with Gasteiger partial charge in [-0.1, -0.05) is 62.2 Å². The van der Waals surface area contributed by atoms with Gasteiger partial charge in [0.05, 0.1) is 17.7 Å². The normalized spacial score (nSPS) is 11.9. The summed E-state index contributed by atoms with van der Waals surface area (Å²) in [4.78, 5) is 29.0. The molecule has 0 aliphatic heterocycles. The van der Waals surface area contributed by atoms with Crippen LogP contribution in [-0.2, 0) is 26.2 Å². The molecule has 0 aliphatic carbocycles. The molecule has 10 heteroatoms. The molecule has 0 unspecified atom stereocenters. The number of ether oxygens (including phenoxy) is 1. The smallest absolute Gasteiger partial charge is 0.264 e. The third-order valence-corrected chi connectivity index (χ3v) is 8.75. The summed E-state index contributed by atoms with van der Waals surface area (Å²) in [6.45, 7) is 5.67. The van der Waals surface area contributed by atoms with Gasteiger partial charge < -0.3 is 15.0 Å². The van der Waals surface area contributed by atoms with Gasteiger partial charge in [-0.2, -0.15) is 0 Å². The molecule has 3 rings (SSSR count). The lowest BCUT2D eigenvalue weighted by atomic mass is 10.1. The number of sulfonamides is 1. The number of carbonyl (C=O) groups is 2. The largest absolute Gasteiger partial charge is 0.497 e. The molecule has 8 nitrogen and oxygen atoms in total. The van der Waals surface area contributed by atoms with Crippen molar-refractivity contribution in [1.82, 2.24) is 10.2 Å². The zero-order valence-corrected chi connectivity index (χ0v) is 25.5. The Morgan fingerprint density at radius 3 is 2.37 bits per heavy atom. The molecule has 0 heterocycles. The van der Waals surface area contributed by atoms with E-state index in [1.54, 1.807) is 62.6 Å². The molecule has 2 amide bonds. The molecule has 0 saturated carbocycles. The van der Waals surface area contributed by atoms with Gasteiger partial charge in [-0.15, -0.1) is 0 Å². The van der Waals surface area contributed by atoms with Crippen molar-refractivity contribution in [2.24, 2.45) is 0 Å². The minimum atomic E-state index is -4.15. The Hall–Kier alpha value is -3.56. The van der Waals surface area contributed by atoms with Gasteiger partial charge in [-0.25, -0.2) is 8.42 Å². The molecule has 1 N–H and O–H groups in total. The van der Waals surface area contributed by atoms with Crippen molar-refractivity contribution in [2.45, 2.75) is 57.5 Å². The van der Waals surface area contributed by atoms with Gasteiger partial charge in [0, 0.05) is 18.1 Å². The predicted octanol–water partition coefficient (Wildman–Crippen LogP) is 5.58. The monoisotopic (exact) mass is 599 g/mol. The Bertz CT molecular complexity index is 1430. The van der Waals surface area contributed by atoms with Crippen molar-refractivity contribution in [2.75, 3.05) is 24.5 Å². The number of benzene rings is 3. The lowest BCUT2D eigenvalue weighted by Crippen LogP contribution is -2.52. The van der Waals surface area contributed by atoms with E-state index < -0.39 is 28.5 Å². The molecule has 3 aromatic rings. The Kier molecular flexibility index (Phi) is 11.6. The minimum absolute atomic E-state index is 0.0471. The number of anilines is 1. The zero-order valence-electron chi connectivity index (χ0n) is 24.0. The average molecular weight is 600 g/mol. The molecule has 0 aromatic heterocycles. The van der Waals surface area contributed by atoms with Crippen LogP contribution in [0.5, 0.6) is 5.75 Å². The third kappa shape index (κ3) is 8.24. The van der Waals surface area contributed by atoms with Gasteiger partial charge in [-0.05, 0) is 73.4 Å². The van der Waals surface area contributed by atoms with Crippen LogP contribution in [0.4, 0.5) is 5.69 Å². The maximum absolute atomic E-state index is 14.2. The highest BCUT2D eigenvalue weighted by Gasteiger charge is 2.34. The first kappa shape index (κ1) is 32.0. The number of amides is 2. The summed E-state index contributed by atoms with van der Waals surface area (Å²) in [5.41, 5.74) is 1.67. The molecule has 0 saturated heterocycles. The van der Waals surface area contributed by atoms with Gasteiger partial charge in [0.1, 0.15) is 18.3 Å². The standard InChI is InChI=1S/C31H38ClN3O5S/c1-5-7-18-33-31(37)28(6-2)34(21-24-12-11-13-26(20-24)40-4)30(36)22-35(29-17-16-25(32)19-23(29)3)41(38,39)27-14-9-8-10-15-27/h8-17,19-20,28H,5-7,18,21-22H2,1-4H3,(H,33,37)/t28-/m1/s1. The summed E-state index contributed by atoms with van der Waals surface area (Å²) < 4.78 is 34.3. The third-order valence-electron chi connectivity index (χ3n) is 6.74. The van der Waals surface area contributed by atoms with E-state index in [0.717, 1.165) is 22.7 Å². The molecule has 3 aromatic carbocycles. The number of methoxy groups -OCH3 is 1. The Balaban J connectivity index is 2.06. The number of nitrogens with one attached hydrogen (secondary N) is 1. The van der Waals surface area contributed by atoms with Crippen molar-refractivity contribution >= 4 is 39.1 Å². The number of unbranched alkanes of at least 4 members (excludes halogenated alkanes) is 1. The summed E-state index contributed by atoms with van der Waals surface area (Å²) in [6, 6.07) is 19.2. The van der Waals surface area contributed by atoms with Crippen LogP contribution in [-0.4, -0.2) is 51.4 Å². The van der Waals surface area contributed by atoms with Crippen molar-refractivity contribution in [3.05, 3.63) is 88.9 Å². The van der Waals surface area contributed by atoms with Gasteiger partial charge in [0.25, 0.3) is 10.0 Å². The predicted molar refractivity (Wildman–Crippen MR) is 163 cm³/mol. The molecular weight excluding hydrogens is 562 g/mol. The number of carbonyl (C=O) groups excluding carboxylic acids is 2. The summed E-state index contributed by atoms with van der Waals surface area (Å²) in [7, 11) is -2.60. The Labute approximate surface area is 248 Å². The molecule has 1 atom stereocenters. The average Bonchev–Trinajstić information content (AvgIpc) is 2.96. The minimum Gasteiger partial charge on any atom is -0.497 e. The van der Waals surface area contributed by atoms with Crippen LogP contribution in [0.25, 0.3) is 0 Å². The fraction of sp³-hybridized carbons (Fsp3) is 0.355. The first-order valence-electron chi connectivity index (χ1n) is 13.7. The molecular formula is C31H38ClN3O5S. The SMILES string of the molecule is CCCCNC(=O)[C@@H](CC)N(Cc1cccc(OC)c1)C(=O)CN(c1ccc(Cl)cc1C)S(=O)(=O)c1ccccc1. The first-order valence-corrected chi connectivity index (χ1v) is 15.5. The Morgan fingerprint density at radius 1 is 1.00 bits per heavy atom. The van der Waals surface area contributed by atoms with Crippen molar-refractivity contribution in [1.29, 1.82) is 0 Å². The number of rotatable bonds is 14. The molecule has 220 valence electrons. The van der Waals surface area contributed by atoms with Crippen LogP contribution >= 0.6 is 11.6 Å². The van der Waals surface area contributed by atoms with Crippen molar-refractivity contribution < 1.29 is 22.7 Å². The molecule has 0 fully saturated rings. The van der Waals surface area contributed by atoms with Crippen LogP contribution < -0.4 is 14.4 Å². The zero-order chi connectivity index (χ0) is 30.0. The van der Waals surface area contributed by atoms with E-state index in [4.69, 9.17) is 16.3 Å².